The molecule has 22 heteroatoms. The summed E-state index contributed by atoms with van der Waals surface area (Å²) in [5, 5.41) is 17.4. The average molecular weight is 1320 g/mol. The Morgan fingerprint density at radius 2 is 1.09 bits per heavy atom. The fourth-order valence-corrected chi connectivity index (χ4v) is 16.4. The number of anilines is 3. The van der Waals surface area contributed by atoms with Gasteiger partial charge in [-0.15, -0.1) is 0 Å². The predicted octanol–water partition coefficient (Wildman–Crippen LogP) is 11.6. The smallest absolute Gasteiger partial charge is 0.230 e. The van der Waals surface area contributed by atoms with Gasteiger partial charge in [0.1, 0.15) is 0 Å². The van der Waals surface area contributed by atoms with Crippen molar-refractivity contribution in [1.82, 2.24) is 33.4 Å². The van der Waals surface area contributed by atoms with Gasteiger partial charge in [-0.25, -0.2) is 21.1 Å². The lowest BCUT2D eigenvalue weighted by Gasteiger charge is -2.40. The number of hydrogen-bond donors (Lipinski definition) is 5. The van der Waals surface area contributed by atoms with Gasteiger partial charge >= 0.3 is 0 Å². The lowest BCUT2D eigenvalue weighted by molar-refractivity contribution is -0.150. The number of carbonyl (C=O) groups excluding carboxylic acids is 1. The van der Waals surface area contributed by atoms with Crippen molar-refractivity contribution in [3.05, 3.63) is 160 Å². The van der Waals surface area contributed by atoms with Crippen LogP contribution in [0.2, 0.25) is 10.0 Å². The number of morpholine rings is 1. The van der Waals surface area contributed by atoms with Crippen molar-refractivity contribution in [2.24, 2.45) is 5.92 Å². The van der Waals surface area contributed by atoms with Gasteiger partial charge < -0.3 is 54.1 Å². The number of ether oxygens (including phenoxy) is 2. The number of aromatic nitrogens is 4. The van der Waals surface area contributed by atoms with Gasteiger partial charge in [0.05, 0.1) is 50.5 Å². The molecule has 5 aromatic carbocycles. The van der Waals surface area contributed by atoms with E-state index in [1.54, 1.807) is 8.61 Å². The molecule has 1 amide bonds. The highest BCUT2D eigenvalue weighted by Gasteiger charge is 2.36. The second kappa shape index (κ2) is 27.5. The lowest BCUT2D eigenvalue weighted by atomic mass is 9.84. The molecule has 6 aliphatic heterocycles. The summed E-state index contributed by atoms with van der Waals surface area (Å²) in [5.41, 5.74) is 12.1. The van der Waals surface area contributed by atoms with Crippen molar-refractivity contribution in [3.8, 4) is 0 Å². The standard InChI is InChI=1S/C19H19ClN2O.C18H25N3O3S.C17H19ClN2O2.C15H21N3O2S/c20-15-12-17-16(6-9-21-17)18(13-15)22-10-7-19(23,8-11-22)14-4-2-1-3-5-14;1-25(22,23)21-6-3-14(4-7-21)17-12-15(20-8-10-24-11-9-20)13-18-16(17)2-5-19-18;18-13-7-15(14-1-4-19-16(14)8-13)11-2-5-20(6-3-11)17(21)12-9-22-10-12;1-11-8-14-13(4-5-16-14)15(9-11)18-7-6-17(10-12(18)2)21(3,19)20/h1-6,9,12-13,21,23H,7-8,10-11H2;2,5,12-14,19H,3-4,6-11H2,1H3;1,4,7-8,11-12,19H,2-3,5-6,9-10H2;4-5,8-9,12,16H,6-7,10H2,1-3H3/t;;;12-/m...1/s1. The Hall–Kier alpha value is -6.59. The zero-order valence-electron chi connectivity index (χ0n) is 52.3. The lowest BCUT2D eigenvalue weighted by Crippen LogP contribution is -2.53. The first-order chi connectivity index (χ1) is 43.8. The molecule has 5 N–H and O–H groups in total. The molecule has 6 saturated heterocycles. The van der Waals surface area contributed by atoms with Gasteiger partial charge in [-0.05, 0) is 159 Å². The summed E-state index contributed by atoms with van der Waals surface area (Å²) in [4.78, 5) is 34.3. The maximum atomic E-state index is 12.3. The molecule has 1 atom stereocenters. The molecule has 18 nitrogen and oxygen atoms in total. The molecular weight excluding hydrogens is 1230 g/mol. The summed E-state index contributed by atoms with van der Waals surface area (Å²) in [6, 6.07) is 35.4. The van der Waals surface area contributed by atoms with Crippen LogP contribution in [0.25, 0.3) is 43.6 Å². The van der Waals surface area contributed by atoms with Crippen molar-refractivity contribution < 1.29 is 36.2 Å². The monoisotopic (exact) mass is 1310 g/mol. The summed E-state index contributed by atoms with van der Waals surface area (Å²) < 4.78 is 60.7. The van der Waals surface area contributed by atoms with E-state index in [4.69, 9.17) is 32.7 Å². The Kier molecular flexibility index (Phi) is 19.5. The van der Waals surface area contributed by atoms with E-state index in [0.29, 0.717) is 51.2 Å². The van der Waals surface area contributed by atoms with Crippen LogP contribution in [0.5, 0.6) is 0 Å². The van der Waals surface area contributed by atoms with Crippen molar-refractivity contribution in [1.29, 1.82) is 0 Å². The molecule has 0 unspecified atom stereocenters. The summed E-state index contributed by atoms with van der Waals surface area (Å²) in [5.74, 6) is 1.23. The van der Waals surface area contributed by atoms with Crippen LogP contribution in [0.1, 0.15) is 79.5 Å². The number of halogens is 2. The van der Waals surface area contributed by atoms with Crippen molar-refractivity contribution in [2.75, 3.05) is 126 Å². The number of aromatic amines is 4. The van der Waals surface area contributed by atoms with E-state index in [2.05, 4.69) is 103 Å². The van der Waals surface area contributed by atoms with E-state index < -0.39 is 25.6 Å². The van der Waals surface area contributed by atoms with Crippen LogP contribution in [0, 0.1) is 12.8 Å². The number of H-pyrrole nitrogens is 4. The number of benzene rings is 5. The number of rotatable bonds is 9. The van der Waals surface area contributed by atoms with Crippen LogP contribution in [0.3, 0.4) is 0 Å². The number of nitrogens with zero attached hydrogens (tertiary/aromatic N) is 6. The first-order valence-electron chi connectivity index (χ1n) is 31.9. The number of piperazine rings is 1. The molecule has 9 aromatic rings. The number of sulfonamides is 2. The highest BCUT2D eigenvalue weighted by atomic mass is 35.5. The molecule has 15 rings (SSSR count). The number of aryl methyl sites for hydroxylation is 1. The van der Waals surface area contributed by atoms with E-state index in [9.17, 15) is 26.7 Å². The van der Waals surface area contributed by atoms with Gasteiger partial charge in [-0.2, -0.15) is 4.31 Å². The fourth-order valence-electron chi connectivity index (χ4n) is 14.2. The summed E-state index contributed by atoms with van der Waals surface area (Å²) in [6.45, 7) is 15.0. The molecule has 0 saturated carbocycles. The Labute approximate surface area is 543 Å². The van der Waals surface area contributed by atoms with Crippen molar-refractivity contribution in [3.63, 3.8) is 0 Å². The van der Waals surface area contributed by atoms with Crippen LogP contribution >= 0.6 is 23.2 Å². The molecule has 0 bridgehead atoms. The van der Waals surface area contributed by atoms with E-state index >= 15 is 0 Å². The summed E-state index contributed by atoms with van der Waals surface area (Å²) in [7, 11) is -6.19. The topological polar surface area (TPSA) is 207 Å². The minimum atomic E-state index is -3.10. The molecule has 0 spiro atoms. The highest BCUT2D eigenvalue weighted by molar-refractivity contribution is 7.88. The number of aliphatic hydroxyl groups is 1. The van der Waals surface area contributed by atoms with Gasteiger partial charge in [-0.1, -0.05) is 53.5 Å². The maximum absolute atomic E-state index is 12.3. The first kappa shape index (κ1) is 64.5. The Morgan fingerprint density at radius 3 is 1.66 bits per heavy atom. The molecule has 6 aliphatic rings. The van der Waals surface area contributed by atoms with Crippen molar-refractivity contribution >= 4 is 110 Å². The quantitative estimate of drug-likeness (QED) is 0.0919. The fraction of sp³-hybridized carbons (Fsp3) is 0.435. The van der Waals surface area contributed by atoms with Crippen molar-refractivity contribution in [2.45, 2.75) is 75.9 Å². The van der Waals surface area contributed by atoms with Crippen LogP contribution in [0.4, 0.5) is 17.1 Å². The predicted molar refractivity (Wildman–Crippen MR) is 367 cm³/mol. The summed E-state index contributed by atoms with van der Waals surface area (Å²) >= 11 is 12.5. The third-order valence-electron chi connectivity index (χ3n) is 19.3. The Morgan fingerprint density at radius 1 is 0.560 bits per heavy atom. The number of carbonyl (C=O) groups is 1. The molecule has 484 valence electrons. The van der Waals surface area contributed by atoms with Gasteiger partial charge in [0.25, 0.3) is 0 Å². The number of nitrogens with one attached hydrogen (secondary N) is 4. The molecule has 0 radical (unpaired) electrons. The minimum absolute atomic E-state index is 0.0964. The SMILES string of the molecule is CS(=O)(=O)N1CCC(c2cc(N3CCOCC3)cc3[nH]ccc23)CC1.Cc1cc(N2CCN(S(C)(=O)=O)C[C@H]2C)c2cc[nH]c2c1.O=C(C1COC1)N1CCC(c2cc(Cl)cc3[nH]ccc23)CC1.OC1(c2ccccc2)CCN(c2cc(Cl)cc3[nH]ccc23)CC1. The Balaban J connectivity index is 0.000000117. The van der Waals surface area contributed by atoms with Crippen LogP contribution in [-0.4, -0.2) is 178 Å². The third kappa shape index (κ3) is 14.6. The van der Waals surface area contributed by atoms with Crippen LogP contribution < -0.4 is 14.7 Å². The third-order valence-corrected chi connectivity index (χ3v) is 22.3. The molecule has 4 aromatic heterocycles. The van der Waals surface area contributed by atoms with Crippen LogP contribution in [0.15, 0.2) is 128 Å². The number of amides is 1. The average Bonchev–Trinajstić information content (AvgIpc) is 1.85. The zero-order valence-corrected chi connectivity index (χ0v) is 55.5. The maximum Gasteiger partial charge on any atom is 0.230 e. The number of hydrogen-bond acceptors (Lipinski definition) is 11. The first-order valence-corrected chi connectivity index (χ1v) is 36.3. The van der Waals surface area contributed by atoms with Crippen LogP contribution in [-0.2, 0) is 39.9 Å². The van der Waals surface area contributed by atoms with Gasteiger partial charge in [0.15, 0.2) is 0 Å². The van der Waals surface area contributed by atoms with E-state index in [1.807, 2.05) is 78.2 Å². The second-order valence-electron chi connectivity index (χ2n) is 25.4. The van der Waals surface area contributed by atoms with Gasteiger partial charge in [-0.3, -0.25) is 4.79 Å². The second-order valence-corrected chi connectivity index (χ2v) is 30.3. The zero-order chi connectivity index (χ0) is 63.6. The summed E-state index contributed by atoms with van der Waals surface area (Å²) in [6.07, 6.45) is 15.6. The van der Waals surface area contributed by atoms with E-state index in [-0.39, 0.29) is 17.9 Å². The normalized spacial score (nSPS) is 20.0. The Bertz CT molecular complexity index is 4220. The number of fused-ring (bicyclic) bond motifs is 4. The molecule has 6 fully saturated rings. The highest BCUT2D eigenvalue weighted by Crippen LogP contribution is 2.41. The molecule has 0 aliphatic carbocycles. The number of likely N-dealkylation sites (tertiary alicyclic amines) is 1. The molecule has 91 heavy (non-hydrogen) atoms. The van der Waals surface area contributed by atoms with Gasteiger partial charge in [0.2, 0.25) is 26.0 Å². The van der Waals surface area contributed by atoms with E-state index in [1.165, 1.54) is 62.1 Å². The largest absolute Gasteiger partial charge is 0.385 e. The van der Waals surface area contributed by atoms with Gasteiger partial charge in [0, 0.05) is 174 Å². The minimum Gasteiger partial charge on any atom is -0.385 e. The molecular formula is C69H84Cl2N10O8S2. The number of piperidine rings is 3. The van der Waals surface area contributed by atoms with E-state index in [0.717, 1.165) is 141 Å². The molecule has 10 heterocycles.